The topological polar surface area (TPSA) is 73.9 Å². The van der Waals surface area contributed by atoms with E-state index < -0.39 is 18.0 Å². The summed E-state index contributed by atoms with van der Waals surface area (Å²) in [5.41, 5.74) is 0. The summed E-state index contributed by atoms with van der Waals surface area (Å²) >= 11 is 0. The first kappa shape index (κ1) is 12.5. The number of hydrogen-bond acceptors (Lipinski definition) is 5. The molecule has 2 aliphatic heterocycles. The van der Waals surface area contributed by atoms with Crippen LogP contribution in [0.3, 0.4) is 0 Å². The Hall–Kier alpha value is -0.980. The Labute approximate surface area is 99.6 Å². The maximum atomic E-state index is 11.1. The van der Waals surface area contributed by atoms with Crippen molar-refractivity contribution in [2.45, 2.75) is 50.9 Å². The zero-order valence-electron chi connectivity index (χ0n) is 10.1. The summed E-state index contributed by atoms with van der Waals surface area (Å²) < 4.78 is 16.7. The standard InChI is InChI=1S/C11H17NO5/c1-6(14)12-7-5-15-8(4-13)10-9(7)16-11(2,3)17-10/h4,7-10H,5H2,1-3H3,(H,12,14)/t7-,8+,9+,10-/m0/s1. The minimum Gasteiger partial charge on any atom is -0.366 e. The summed E-state index contributed by atoms with van der Waals surface area (Å²) in [7, 11) is 0. The van der Waals surface area contributed by atoms with Gasteiger partial charge < -0.3 is 24.3 Å². The van der Waals surface area contributed by atoms with Crippen LogP contribution in [0.15, 0.2) is 0 Å². The van der Waals surface area contributed by atoms with Crippen molar-refractivity contribution in [2.75, 3.05) is 6.61 Å². The fraction of sp³-hybridized carbons (Fsp3) is 0.818. The van der Waals surface area contributed by atoms with E-state index in [1.165, 1.54) is 6.92 Å². The molecule has 0 aromatic carbocycles. The molecule has 96 valence electrons. The van der Waals surface area contributed by atoms with E-state index in [4.69, 9.17) is 14.2 Å². The van der Waals surface area contributed by atoms with E-state index in [0.717, 1.165) is 0 Å². The molecule has 0 bridgehead atoms. The van der Waals surface area contributed by atoms with Gasteiger partial charge in [0.25, 0.3) is 0 Å². The van der Waals surface area contributed by atoms with Gasteiger partial charge in [-0.05, 0) is 13.8 Å². The molecule has 0 aliphatic carbocycles. The molecule has 6 nitrogen and oxygen atoms in total. The molecule has 1 N–H and O–H groups in total. The van der Waals surface area contributed by atoms with Crippen molar-refractivity contribution in [1.29, 1.82) is 0 Å². The number of amides is 1. The molecule has 0 unspecified atom stereocenters. The predicted molar refractivity (Wildman–Crippen MR) is 57.2 cm³/mol. The van der Waals surface area contributed by atoms with E-state index >= 15 is 0 Å². The van der Waals surface area contributed by atoms with E-state index in [2.05, 4.69) is 5.32 Å². The maximum Gasteiger partial charge on any atom is 0.217 e. The Balaban J connectivity index is 2.15. The van der Waals surface area contributed by atoms with Crippen molar-refractivity contribution in [3.8, 4) is 0 Å². The third-order valence-corrected chi connectivity index (χ3v) is 2.87. The summed E-state index contributed by atoms with van der Waals surface area (Å²) in [5, 5.41) is 2.75. The van der Waals surface area contributed by atoms with Gasteiger partial charge in [-0.2, -0.15) is 0 Å². The summed E-state index contributed by atoms with van der Waals surface area (Å²) in [6, 6.07) is -0.282. The van der Waals surface area contributed by atoms with Crippen LogP contribution in [0.1, 0.15) is 20.8 Å². The number of rotatable bonds is 2. The van der Waals surface area contributed by atoms with Crippen molar-refractivity contribution >= 4 is 12.2 Å². The van der Waals surface area contributed by atoms with Gasteiger partial charge in [-0.25, -0.2) is 0 Å². The van der Waals surface area contributed by atoms with Crippen LogP contribution in [0.2, 0.25) is 0 Å². The van der Waals surface area contributed by atoms with Crippen LogP contribution < -0.4 is 5.32 Å². The van der Waals surface area contributed by atoms with E-state index in [-0.39, 0.29) is 24.7 Å². The molecule has 2 aliphatic rings. The number of carbonyl (C=O) groups excluding carboxylic acids is 2. The molecule has 2 rings (SSSR count). The van der Waals surface area contributed by atoms with Crippen LogP contribution in [-0.4, -0.2) is 48.9 Å². The van der Waals surface area contributed by atoms with Crippen molar-refractivity contribution in [2.24, 2.45) is 0 Å². The van der Waals surface area contributed by atoms with Crippen molar-refractivity contribution in [1.82, 2.24) is 5.32 Å². The molecule has 0 aromatic rings. The highest BCUT2D eigenvalue weighted by molar-refractivity contribution is 5.73. The molecule has 2 saturated heterocycles. The Kier molecular flexibility index (Phi) is 3.20. The lowest BCUT2D eigenvalue weighted by Crippen LogP contribution is -2.58. The quantitative estimate of drug-likeness (QED) is 0.668. The molecule has 2 heterocycles. The molecule has 17 heavy (non-hydrogen) atoms. The molecule has 6 heteroatoms. The van der Waals surface area contributed by atoms with Crippen molar-refractivity contribution < 1.29 is 23.8 Å². The number of fused-ring (bicyclic) bond motifs is 1. The van der Waals surface area contributed by atoms with Crippen LogP contribution >= 0.6 is 0 Å². The Morgan fingerprint density at radius 2 is 2.00 bits per heavy atom. The molecule has 4 atom stereocenters. The normalized spacial score (nSPS) is 39.5. The van der Waals surface area contributed by atoms with Crippen LogP contribution in [0, 0.1) is 0 Å². The molecular formula is C11H17NO5. The van der Waals surface area contributed by atoms with Gasteiger partial charge in [-0.15, -0.1) is 0 Å². The summed E-state index contributed by atoms with van der Waals surface area (Å²) in [6.07, 6.45) is -0.732. The highest BCUT2D eigenvalue weighted by Crippen LogP contribution is 2.34. The van der Waals surface area contributed by atoms with Gasteiger partial charge >= 0.3 is 0 Å². The Bertz CT molecular complexity index is 330. The van der Waals surface area contributed by atoms with Gasteiger partial charge in [0, 0.05) is 6.92 Å². The molecule has 0 radical (unpaired) electrons. The third kappa shape index (κ3) is 2.48. The highest BCUT2D eigenvalue weighted by atomic mass is 16.8. The zero-order chi connectivity index (χ0) is 12.6. The summed E-state index contributed by atoms with van der Waals surface area (Å²) in [4.78, 5) is 22.0. The van der Waals surface area contributed by atoms with Crippen LogP contribution in [-0.2, 0) is 23.8 Å². The van der Waals surface area contributed by atoms with Crippen LogP contribution in [0.25, 0.3) is 0 Å². The number of hydrogen-bond donors (Lipinski definition) is 1. The van der Waals surface area contributed by atoms with Crippen LogP contribution in [0.4, 0.5) is 0 Å². The van der Waals surface area contributed by atoms with Crippen molar-refractivity contribution in [3.63, 3.8) is 0 Å². The second-order valence-corrected chi connectivity index (χ2v) is 4.81. The second kappa shape index (κ2) is 4.36. The monoisotopic (exact) mass is 243 g/mol. The number of carbonyl (C=O) groups is 2. The van der Waals surface area contributed by atoms with E-state index in [9.17, 15) is 9.59 Å². The molecule has 0 spiro atoms. The first-order valence-corrected chi connectivity index (χ1v) is 5.62. The minimum absolute atomic E-state index is 0.157. The van der Waals surface area contributed by atoms with Gasteiger partial charge in [0.05, 0.1) is 12.6 Å². The number of aldehydes is 1. The largest absolute Gasteiger partial charge is 0.366 e. The van der Waals surface area contributed by atoms with Gasteiger partial charge in [0.1, 0.15) is 18.3 Å². The lowest BCUT2D eigenvalue weighted by Gasteiger charge is -2.34. The van der Waals surface area contributed by atoms with Gasteiger partial charge in [0.2, 0.25) is 5.91 Å². The molecule has 0 aromatic heterocycles. The molecule has 1 amide bonds. The zero-order valence-corrected chi connectivity index (χ0v) is 10.1. The Morgan fingerprint density at radius 3 is 2.59 bits per heavy atom. The average molecular weight is 243 g/mol. The number of nitrogens with one attached hydrogen (secondary N) is 1. The second-order valence-electron chi connectivity index (χ2n) is 4.81. The SMILES string of the molecule is CC(=O)N[C@H]1CO[C@H](C=O)[C@@H]2OC(C)(C)O[C@@H]21. The average Bonchev–Trinajstić information content (AvgIpc) is 2.53. The van der Waals surface area contributed by atoms with Gasteiger partial charge in [-0.1, -0.05) is 0 Å². The van der Waals surface area contributed by atoms with Gasteiger partial charge in [-0.3, -0.25) is 4.79 Å². The molecule has 0 saturated carbocycles. The van der Waals surface area contributed by atoms with E-state index in [0.29, 0.717) is 6.29 Å². The lowest BCUT2D eigenvalue weighted by atomic mass is 9.99. The predicted octanol–water partition coefficient (Wildman–Crippen LogP) is -0.391. The van der Waals surface area contributed by atoms with Crippen molar-refractivity contribution in [3.05, 3.63) is 0 Å². The summed E-state index contributed by atoms with van der Waals surface area (Å²) in [6.45, 7) is 5.24. The molecule has 2 fully saturated rings. The third-order valence-electron chi connectivity index (χ3n) is 2.87. The maximum absolute atomic E-state index is 11.1. The Morgan fingerprint density at radius 1 is 1.35 bits per heavy atom. The summed E-state index contributed by atoms with van der Waals surface area (Å²) in [5.74, 6) is -0.920. The first-order valence-electron chi connectivity index (χ1n) is 5.62. The minimum atomic E-state index is -0.763. The van der Waals surface area contributed by atoms with E-state index in [1.807, 2.05) is 0 Å². The smallest absolute Gasteiger partial charge is 0.217 e. The molecular weight excluding hydrogens is 226 g/mol. The first-order chi connectivity index (χ1) is 7.93. The fourth-order valence-corrected chi connectivity index (χ4v) is 2.29. The number of ether oxygens (including phenoxy) is 3. The van der Waals surface area contributed by atoms with Crippen LogP contribution in [0.5, 0.6) is 0 Å². The van der Waals surface area contributed by atoms with E-state index in [1.54, 1.807) is 13.8 Å². The van der Waals surface area contributed by atoms with Gasteiger partial charge in [0.15, 0.2) is 12.1 Å². The lowest BCUT2D eigenvalue weighted by molar-refractivity contribution is -0.156. The fourth-order valence-electron chi connectivity index (χ4n) is 2.29. The highest BCUT2D eigenvalue weighted by Gasteiger charge is 2.52.